The summed E-state index contributed by atoms with van der Waals surface area (Å²) in [6.07, 6.45) is -33.0. The molecule has 4 fully saturated rings. The minimum atomic E-state index is -5.72. The molecule has 4 aliphatic heterocycles. The third-order valence-corrected chi connectivity index (χ3v) is 11.6. The fourth-order valence-electron chi connectivity index (χ4n) is 7.64. The maximum Gasteiger partial charge on any atom is 0.434 e. The molecular weight excluding hydrogens is 1020 g/mol. The van der Waals surface area contributed by atoms with Gasteiger partial charge < -0.3 is 43.3 Å². The second kappa shape index (κ2) is 25.5. The number of hydrogen-bond donors (Lipinski definition) is 0. The molecule has 27 heteroatoms. The molecule has 408 valence electrons. The van der Waals surface area contributed by atoms with Crippen molar-refractivity contribution in [2.75, 3.05) is 115 Å². The van der Waals surface area contributed by atoms with Gasteiger partial charge in [-0.15, -0.1) is 0 Å². The van der Waals surface area contributed by atoms with E-state index in [-0.39, 0.29) is 19.2 Å². The van der Waals surface area contributed by atoms with Crippen molar-refractivity contribution in [1.82, 2.24) is 19.6 Å². The third kappa shape index (κ3) is 19.3. The number of carbonyl (C=O) groups is 3. The molecule has 2 aromatic rings. The largest absolute Gasteiger partial charge is 0.444 e. The third-order valence-electron chi connectivity index (χ3n) is 11.5. The van der Waals surface area contributed by atoms with E-state index in [4.69, 9.17) is 14.2 Å². The van der Waals surface area contributed by atoms with Crippen LogP contribution in [0.2, 0.25) is 0 Å². The zero-order valence-electron chi connectivity index (χ0n) is 40.2. The van der Waals surface area contributed by atoms with Gasteiger partial charge in [0.15, 0.2) is 0 Å². The number of benzene rings is 2. The summed E-state index contributed by atoms with van der Waals surface area (Å²) >= 11 is 4.22. The highest BCUT2D eigenvalue weighted by Gasteiger charge is 2.61. The molecule has 72 heavy (non-hydrogen) atoms. The van der Waals surface area contributed by atoms with E-state index in [1.807, 2.05) is 49.6 Å². The van der Waals surface area contributed by atoms with Crippen LogP contribution < -0.4 is 9.80 Å². The van der Waals surface area contributed by atoms with Crippen LogP contribution in [0.4, 0.5) is 78.4 Å². The van der Waals surface area contributed by atoms with E-state index in [0.717, 1.165) is 93.8 Å². The Bertz CT molecular complexity index is 2040. The Morgan fingerprint density at radius 3 is 1.15 bits per heavy atom. The zero-order chi connectivity index (χ0) is 53.8. The van der Waals surface area contributed by atoms with Crippen molar-refractivity contribution < 1.29 is 90.8 Å². The van der Waals surface area contributed by atoms with E-state index in [0.29, 0.717) is 32.8 Å². The number of anilines is 2. The minimum absolute atomic E-state index is 0.0217. The monoisotopic (exact) mass is 1070 g/mol. The van der Waals surface area contributed by atoms with Crippen molar-refractivity contribution >= 4 is 40.6 Å². The fraction of sp³-hybridized carbons (Fsp3) is 0.667. The summed E-state index contributed by atoms with van der Waals surface area (Å²) in [5.74, 6) is 0. The van der Waals surface area contributed by atoms with E-state index in [2.05, 4.69) is 67.0 Å². The van der Waals surface area contributed by atoms with Gasteiger partial charge in [-0.1, -0.05) is 12.1 Å². The van der Waals surface area contributed by atoms with Crippen molar-refractivity contribution in [3.8, 4) is 0 Å². The lowest BCUT2D eigenvalue weighted by Crippen LogP contribution is -2.52. The molecule has 4 aliphatic rings. The molecule has 6 rings (SSSR count). The maximum absolute atomic E-state index is 12.6. The standard InChI is InChI=1S/C21H33N3O3.C20H25F6N3O3.C4HClF6O2/c1-17-15-19(23-11-13-26-14-12-23)6-5-18(17)16-22-7-9-24(10-8-22)20(25)27-21(2,3)4;1-14-12-16(28-8-10-31-11-9-28)3-2-15(14)13-27-4-6-29(7-5-27)18(30)32-17(19(21,22)23)20(24,25)26;5-2(12)13-1(3(6,7)8)4(9,10)11/h5-6,15H,7-14,16H2,1-4H3;2-3,12,17H,4-11,13H2,1H3;1H. The molecule has 0 bridgehead atoms. The first-order chi connectivity index (χ1) is 33.3. The van der Waals surface area contributed by atoms with Gasteiger partial charge in [0, 0.05) is 115 Å². The average molecular weight is 1080 g/mol. The number of alkyl halides is 12. The second-order valence-electron chi connectivity index (χ2n) is 18.1. The average Bonchev–Trinajstić information content (AvgIpc) is 3.28. The number of piperazine rings is 2. The molecule has 2 amide bonds. The molecular formula is C45H59ClF12N6O8. The summed E-state index contributed by atoms with van der Waals surface area (Å²) in [5, 5.41) is 0. The first-order valence-corrected chi connectivity index (χ1v) is 23.0. The first kappa shape index (κ1) is 59.9. The Labute approximate surface area is 413 Å². The molecule has 2 aromatic carbocycles. The first-order valence-electron chi connectivity index (χ1n) is 22.7. The van der Waals surface area contributed by atoms with Gasteiger partial charge in [0.05, 0.1) is 26.4 Å². The summed E-state index contributed by atoms with van der Waals surface area (Å²) in [6.45, 7) is 21.7. The zero-order valence-corrected chi connectivity index (χ0v) is 41.0. The van der Waals surface area contributed by atoms with Gasteiger partial charge in [0.1, 0.15) is 5.60 Å². The minimum Gasteiger partial charge on any atom is -0.444 e. The number of amides is 2. The number of nitrogens with zero attached hydrogens (tertiary/aromatic N) is 6. The highest BCUT2D eigenvalue weighted by Crippen LogP contribution is 2.37. The molecule has 0 radical (unpaired) electrons. The Balaban J connectivity index is 0.000000255. The second-order valence-corrected chi connectivity index (χ2v) is 18.4. The predicted octanol–water partition coefficient (Wildman–Crippen LogP) is 9.32. The highest BCUT2D eigenvalue weighted by molar-refractivity contribution is 6.61. The van der Waals surface area contributed by atoms with Gasteiger partial charge in [-0.2, -0.15) is 52.7 Å². The van der Waals surface area contributed by atoms with Crippen LogP contribution in [0.1, 0.15) is 43.0 Å². The van der Waals surface area contributed by atoms with Crippen molar-refractivity contribution in [3.05, 3.63) is 58.7 Å². The van der Waals surface area contributed by atoms with Crippen LogP contribution in [-0.2, 0) is 36.8 Å². The van der Waals surface area contributed by atoms with Crippen molar-refractivity contribution in [3.63, 3.8) is 0 Å². The summed E-state index contributed by atoms with van der Waals surface area (Å²) in [4.78, 5) is 45.5. The summed E-state index contributed by atoms with van der Waals surface area (Å²) in [6, 6.07) is 12.9. The summed E-state index contributed by atoms with van der Waals surface area (Å²) < 4.78 is 168. The lowest BCUT2D eigenvalue weighted by Gasteiger charge is -2.36. The van der Waals surface area contributed by atoms with E-state index in [9.17, 15) is 67.1 Å². The van der Waals surface area contributed by atoms with Crippen molar-refractivity contribution in [2.24, 2.45) is 0 Å². The van der Waals surface area contributed by atoms with Crippen LogP contribution >= 0.6 is 11.6 Å². The number of ether oxygens (including phenoxy) is 5. The SMILES string of the molecule is Cc1cc(N2CCOCC2)ccc1CN1CCN(C(=O)OC(C(F)(F)F)C(F)(F)F)CC1.Cc1cc(N2CCOCC2)ccc1CN1CCN(C(=O)OC(C)(C)C)CC1.O=C(Cl)OC(C(F)(F)F)C(F)(F)F. The summed E-state index contributed by atoms with van der Waals surface area (Å²) in [7, 11) is 0. The van der Waals surface area contributed by atoms with E-state index in [1.165, 1.54) is 16.8 Å². The predicted molar refractivity (Wildman–Crippen MR) is 239 cm³/mol. The lowest BCUT2D eigenvalue weighted by atomic mass is 10.1. The topological polar surface area (TPSA) is 117 Å². The Morgan fingerprint density at radius 1 is 0.528 bits per heavy atom. The van der Waals surface area contributed by atoms with Crippen LogP contribution in [0.15, 0.2) is 36.4 Å². The Kier molecular flexibility index (Phi) is 21.2. The number of morpholine rings is 2. The van der Waals surface area contributed by atoms with Gasteiger partial charge in [-0.25, -0.2) is 14.4 Å². The number of carbonyl (C=O) groups excluding carboxylic acids is 3. The molecule has 4 heterocycles. The Hall–Kier alpha value is -4.66. The quantitative estimate of drug-likeness (QED) is 0.143. The van der Waals surface area contributed by atoms with Gasteiger partial charge >= 0.3 is 42.3 Å². The molecule has 14 nitrogen and oxygen atoms in total. The molecule has 0 spiro atoms. The fourth-order valence-corrected chi connectivity index (χ4v) is 7.73. The van der Waals surface area contributed by atoms with Crippen molar-refractivity contribution in [1.29, 1.82) is 0 Å². The van der Waals surface area contributed by atoms with E-state index < -0.39 is 54.0 Å². The molecule has 0 saturated carbocycles. The van der Waals surface area contributed by atoms with Crippen LogP contribution in [0.5, 0.6) is 0 Å². The number of halogens is 13. The van der Waals surface area contributed by atoms with Gasteiger partial charge in [-0.3, -0.25) is 9.80 Å². The molecule has 0 atom stereocenters. The van der Waals surface area contributed by atoms with Crippen LogP contribution in [0, 0.1) is 13.8 Å². The molecule has 0 aliphatic carbocycles. The van der Waals surface area contributed by atoms with E-state index in [1.54, 1.807) is 0 Å². The molecule has 0 N–H and O–H groups in total. The smallest absolute Gasteiger partial charge is 0.434 e. The summed E-state index contributed by atoms with van der Waals surface area (Å²) in [5.41, 5.74) is 4.61. The van der Waals surface area contributed by atoms with Crippen LogP contribution in [0.25, 0.3) is 0 Å². The molecule has 4 saturated heterocycles. The van der Waals surface area contributed by atoms with Crippen LogP contribution in [0.3, 0.4) is 0 Å². The van der Waals surface area contributed by atoms with Crippen LogP contribution in [-0.4, -0.2) is 185 Å². The van der Waals surface area contributed by atoms with Gasteiger partial charge in [-0.05, 0) is 81.1 Å². The number of rotatable bonds is 8. The lowest BCUT2D eigenvalue weighted by molar-refractivity contribution is -0.308. The number of hydrogen-bond acceptors (Lipinski definition) is 12. The molecule has 0 aromatic heterocycles. The van der Waals surface area contributed by atoms with Crippen molar-refractivity contribution in [2.45, 2.75) is 90.2 Å². The van der Waals surface area contributed by atoms with E-state index >= 15 is 0 Å². The van der Waals surface area contributed by atoms with Gasteiger partial charge in [0.25, 0.3) is 12.2 Å². The molecule has 0 unspecified atom stereocenters. The number of aryl methyl sites for hydroxylation is 2. The Morgan fingerprint density at radius 2 is 0.861 bits per heavy atom. The normalized spacial score (nSPS) is 18.0. The highest BCUT2D eigenvalue weighted by atomic mass is 35.5. The van der Waals surface area contributed by atoms with Gasteiger partial charge in [0.2, 0.25) is 0 Å². The maximum atomic E-state index is 12.6.